The van der Waals surface area contributed by atoms with Gasteiger partial charge in [-0.25, -0.2) is 0 Å². The van der Waals surface area contributed by atoms with Gasteiger partial charge in [0.2, 0.25) is 0 Å². The molecule has 4 N–H and O–H groups in total. The number of hydrogen-bond donors (Lipinski definition) is 3. The van der Waals surface area contributed by atoms with Crippen molar-refractivity contribution >= 4 is 23.0 Å². The molecule has 0 saturated carbocycles. The molecular formula is C11H17ClN2O. The van der Waals surface area contributed by atoms with Crippen LogP contribution in [0.3, 0.4) is 0 Å². The van der Waals surface area contributed by atoms with Crippen molar-refractivity contribution in [2.45, 2.75) is 19.9 Å². The number of aliphatic hydroxyl groups is 1. The summed E-state index contributed by atoms with van der Waals surface area (Å²) >= 11 is 5.89. The van der Waals surface area contributed by atoms with Gasteiger partial charge in [-0.05, 0) is 18.1 Å². The van der Waals surface area contributed by atoms with E-state index >= 15 is 0 Å². The fraction of sp³-hybridized carbons (Fsp3) is 0.455. The lowest BCUT2D eigenvalue weighted by Crippen LogP contribution is -2.29. The van der Waals surface area contributed by atoms with Gasteiger partial charge in [-0.15, -0.1) is 0 Å². The summed E-state index contributed by atoms with van der Waals surface area (Å²) in [6.07, 6.45) is 0. The predicted molar refractivity (Wildman–Crippen MR) is 65.2 cm³/mol. The van der Waals surface area contributed by atoms with Crippen LogP contribution in [0.25, 0.3) is 0 Å². The monoisotopic (exact) mass is 228 g/mol. The highest BCUT2D eigenvalue weighted by molar-refractivity contribution is 6.33. The van der Waals surface area contributed by atoms with Crippen molar-refractivity contribution in [1.29, 1.82) is 0 Å². The first kappa shape index (κ1) is 12.1. The third kappa shape index (κ3) is 3.01. The van der Waals surface area contributed by atoms with Crippen molar-refractivity contribution < 1.29 is 5.11 Å². The molecule has 0 aliphatic carbocycles. The van der Waals surface area contributed by atoms with Crippen LogP contribution in [0.4, 0.5) is 11.4 Å². The molecule has 0 saturated heterocycles. The largest absolute Gasteiger partial charge is 0.396 e. The molecule has 0 aliphatic heterocycles. The average molecular weight is 229 g/mol. The van der Waals surface area contributed by atoms with Crippen molar-refractivity contribution in [3.8, 4) is 0 Å². The summed E-state index contributed by atoms with van der Waals surface area (Å²) in [6, 6.07) is 5.42. The Morgan fingerprint density at radius 3 is 2.67 bits per heavy atom. The van der Waals surface area contributed by atoms with Crippen molar-refractivity contribution in [2.75, 3.05) is 17.7 Å². The first-order valence-corrected chi connectivity index (χ1v) is 5.35. The highest BCUT2D eigenvalue weighted by Crippen LogP contribution is 2.27. The van der Waals surface area contributed by atoms with Crippen LogP contribution < -0.4 is 11.1 Å². The summed E-state index contributed by atoms with van der Waals surface area (Å²) in [7, 11) is 0. The third-order valence-corrected chi connectivity index (χ3v) is 2.72. The normalized spacial score (nSPS) is 12.9. The number of nitrogens with two attached hydrogens (primary N) is 1. The first-order valence-electron chi connectivity index (χ1n) is 4.97. The molecule has 0 aliphatic rings. The fourth-order valence-electron chi connectivity index (χ4n) is 1.29. The molecule has 1 atom stereocenters. The van der Waals surface area contributed by atoms with Gasteiger partial charge in [0.15, 0.2) is 0 Å². The maximum Gasteiger partial charge on any atom is 0.0739 e. The minimum absolute atomic E-state index is 0.00855. The van der Waals surface area contributed by atoms with Crippen LogP contribution in [0.2, 0.25) is 5.02 Å². The molecule has 15 heavy (non-hydrogen) atoms. The Kier molecular flexibility index (Phi) is 4.24. The van der Waals surface area contributed by atoms with Crippen LogP contribution in [-0.4, -0.2) is 17.8 Å². The molecule has 0 aromatic heterocycles. The third-order valence-electron chi connectivity index (χ3n) is 2.40. The van der Waals surface area contributed by atoms with Crippen molar-refractivity contribution in [3.05, 3.63) is 23.2 Å². The molecular weight excluding hydrogens is 212 g/mol. The van der Waals surface area contributed by atoms with Gasteiger partial charge < -0.3 is 16.2 Å². The van der Waals surface area contributed by atoms with Gasteiger partial charge in [-0.1, -0.05) is 31.5 Å². The number of rotatable bonds is 4. The summed E-state index contributed by atoms with van der Waals surface area (Å²) in [4.78, 5) is 0. The maximum absolute atomic E-state index is 9.18. The Bertz CT molecular complexity index is 328. The summed E-state index contributed by atoms with van der Waals surface area (Å²) in [5, 5.41) is 12.9. The Morgan fingerprint density at radius 2 is 2.13 bits per heavy atom. The summed E-state index contributed by atoms with van der Waals surface area (Å²) < 4.78 is 0. The van der Waals surface area contributed by atoms with Crippen molar-refractivity contribution in [2.24, 2.45) is 5.92 Å². The molecule has 4 heteroatoms. The van der Waals surface area contributed by atoms with Crippen LogP contribution >= 0.6 is 11.6 Å². The summed E-state index contributed by atoms with van der Waals surface area (Å²) in [5.41, 5.74) is 7.11. The number of nitrogen functional groups attached to an aromatic ring is 1. The first-order chi connectivity index (χ1) is 7.06. The molecule has 84 valence electrons. The zero-order valence-electron chi connectivity index (χ0n) is 9.00. The van der Waals surface area contributed by atoms with Gasteiger partial charge in [0.1, 0.15) is 0 Å². The van der Waals surface area contributed by atoms with E-state index in [0.717, 1.165) is 5.69 Å². The second-order valence-corrected chi connectivity index (χ2v) is 4.29. The van der Waals surface area contributed by atoms with Crippen molar-refractivity contribution in [1.82, 2.24) is 0 Å². The minimum Gasteiger partial charge on any atom is -0.396 e. The molecule has 0 amide bonds. The van der Waals surface area contributed by atoms with Crippen molar-refractivity contribution in [3.63, 3.8) is 0 Å². The second-order valence-electron chi connectivity index (χ2n) is 3.88. The number of nitrogens with one attached hydrogen (secondary N) is 1. The number of para-hydroxylation sites is 1. The van der Waals surface area contributed by atoms with Crippen LogP contribution in [0, 0.1) is 5.92 Å². The topological polar surface area (TPSA) is 58.3 Å². The van der Waals surface area contributed by atoms with E-state index in [9.17, 15) is 5.11 Å². The van der Waals surface area contributed by atoms with E-state index in [2.05, 4.69) is 5.32 Å². The minimum atomic E-state index is -0.00855. The highest BCUT2D eigenvalue weighted by Gasteiger charge is 2.13. The summed E-state index contributed by atoms with van der Waals surface area (Å²) in [6.45, 7) is 4.15. The van der Waals surface area contributed by atoms with Gasteiger partial charge >= 0.3 is 0 Å². The Hall–Kier alpha value is -0.930. The quantitative estimate of drug-likeness (QED) is 0.694. The smallest absolute Gasteiger partial charge is 0.0739 e. The number of hydrogen-bond acceptors (Lipinski definition) is 3. The summed E-state index contributed by atoms with van der Waals surface area (Å²) in [5.74, 6) is 0.327. The van der Waals surface area contributed by atoms with Gasteiger partial charge in [-0.2, -0.15) is 0 Å². The number of benzene rings is 1. The van der Waals surface area contributed by atoms with E-state index in [-0.39, 0.29) is 12.6 Å². The van der Waals surface area contributed by atoms with Crippen LogP contribution in [0.15, 0.2) is 18.2 Å². The zero-order chi connectivity index (χ0) is 11.4. The molecule has 0 heterocycles. The lowest BCUT2D eigenvalue weighted by Gasteiger charge is -2.22. The van der Waals surface area contributed by atoms with E-state index in [1.165, 1.54) is 0 Å². The van der Waals surface area contributed by atoms with Gasteiger partial charge in [0.05, 0.1) is 29.0 Å². The molecule has 3 nitrogen and oxygen atoms in total. The molecule has 1 aromatic rings. The lowest BCUT2D eigenvalue weighted by atomic mass is 10.0. The maximum atomic E-state index is 9.18. The average Bonchev–Trinajstić information content (AvgIpc) is 2.19. The van der Waals surface area contributed by atoms with E-state index in [1.54, 1.807) is 6.07 Å². The second kappa shape index (κ2) is 5.24. The molecule has 0 spiro atoms. The Balaban J connectivity index is 2.84. The Labute approximate surface area is 95.2 Å². The fourth-order valence-corrected chi connectivity index (χ4v) is 1.46. The van der Waals surface area contributed by atoms with E-state index in [4.69, 9.17) is 17.3 Å². The highest BCUT2D eigenvalue weighted by atomic mass is 35.5. The standard InChI is InChI=1S/C11H17ClN2O/c1-7(2)10(6-15)14-9-5-3-4-8(12)11(9)13/h3-5,7,10,14-15H,6,13H2,1-2H3. The molecule has 0 bridgehead atoms. The SMILES string of the molecule is CC(C)C(CO)Nc1cccc(Cl)c1N. The zero-order valence-corrected chi connectivity index (χ0v) is 9.75. The van der Waals surface area contributed by atoms with Crippen LogP contribution in [-0.2, 0) is 0 Å². The van der Waals surface area contributed by atoms with Crippen LogP contribution in [0.5, 0.6) is 0 Å². The molecule has 0 radical (unpaired) electrons. The Morgan fingerprint density at radius 1 is 1.47 bits per heavy atom. The van der Waals surface area contributed by atoms with E-state index in [1.807, 2.05) is 26.0 Å². The number of halogens is 1. The molecule has 1 aromatic carbocycles. The number of anilines is 2. The van der Waals surface area contributed by atoms with Gasteiger partial charge in [0, 0.05) is 0 Å². The molecule has 0 fully saturated rings. The number of aliphatic hydroxyl groups excluding tert-OH is 1. The van der Waals surface area contributed by atoms with E-state index in [0.29, 0.717) is 16.6 Å². The van der Waals surface area contributed by atoms with E-state index < -0.39 is 0 Å². The van der Waals surface area contributed by atoms with Gasteiger partial charge in [0.25, 0.3) is 0 Å². The molecule has 1 rings (SSSR count). The lowest BCUT2D eigenvalue weighted by molar-refractivity contribution is 0.249. The predicted octanol–water partition coefficient (Wildman–Crippen LogP) is 2.35. The van der Waals surface area contributed by atoms with Crippen LogP contribution in [0.1, 0.15) is 13.8 Å². The van der Waals surface area contributed by atoms with Gasteiger partial charge in [-0.3, -0.25) is 0 Å². The molecule has 1 unspecified atom stereocenters.